The molecule has 1 aromatic carbocycles. The van der Waals surface area contributed by atoms with Crippen molar-refractivity contribution >= 4 is 16.9 Å². The predicted octanol–water partition coefficient (Wildman–Crippen LogP) is 3.11. The number of rotatable bonds is 5. The summed E-state index contributed by atoms with van der Waals surface area (Å²) in [5.41, 5.74) is 0.937. The number of nitrogens with zero attached hydrogens (tertiary/aromatic N) is 1. The summed E-state index contributed by atoms with van der Waals surface area (Å²) in [5, 5.41) is 9.72. The van der Waals surface area contributed by atoms with Crippen molar-refractivity contribution in [1.82, 2.24) is 4.90 Å². The number of hydrogen-bond donors (Lipinski definition) is 1. The number of aromatic carboxylic acids is 1. The number of carbonyl (C=O) groups is 1. The molecule has 0 amide bonds. The highest BCUT2D eigenvalue weighted by molar-refractivity contribution is 5.95. The van der Waals surface area contributed by atoms with Crippen molar-refractivity contribution in [2.45, 2.75) is 20.4 Å². The number of carboxylic acids is 1. The van der Waals surface area contributed by atoms with E-state index in [0.717, 1.165) is 13.1 Å². The van der Waals surface area contributed by atoms with Gasteiger partial charge in [0.25, 0.3) is 0 Å². The first-order chi connectivity index (χ1) is 9.06. The van der Waals surface area contributed by atoms with Crippen molar-refractivity contribution in [2.24, 2.45) is 0 Å². The largest absolute Gasteiger partial charge is 0.475 e. The second-order valence-corrected chi connectivity index (χ2v) is 4.32. The highest BCUT2D eigenvalue weighted by atomic mass is 19.1. The first-order valence-corrected chi connectivity index (χ1v) is 6.23. The topological polar surface area (TPSA) is 53.7 Å². The Balaban J connectivity index is 2.56. The number of furan rings is 1. The van der Waals surface area contributed by atoms with Crippen LogP contribution in [-0.2, 0) is 6.54 Å². The van der Waals surface area contributed by atoms with E-state index < -0.39 is 11.8 Å². The van der Waals surface area contributed by atoms with Crippen LogP contribution in [0.3, 0.4) is 0 Å². The minimum atomic E-state index is -1.13. The van der Waals surface area contributed by atoms with E-state index in [0.29, 0.717) is 23.1 Å². The third kappa shape index (κ3) is 2.61. The molecule has 0 unspecified atom stereocenters. The molecule has 0 aliphatic carbocycles. The van der Waals surface area contributed by atoms with Gasteiger partial charge in [-0.2, -0.15) is 0 Å². The lowest BCUT2D eigenvalue weighted by Gasteiger charge is -2.17. The molecule has 2 rings (SSSR count). The van der Waals surface area contributed by atoms with Gasteiger partial charge >= 0.3 is 5.97 Å². The average molecular weight is 265 g/mol. The van der Waals surface area contributed by atoms with Crippen LogP contribution in [0.5, 0.6) is 0 Å². The number of halogens is 1. The van der Waals surface area contributed by atoms with Crippen molar-refractivity contribution < 1.29 is 18.7 Å². The van der Waals surface area contributed by atoms with Gasteiger partial charge in [-0.05, 0) is 31.3 Å². The second kappa shape index (κ2) is 5.40. The lowest BCUT2D eigenvalue weighted by atomic mass is 10.1. The zero-order valence-electron chi connectivity index (χ0n) is 10.9. The van der Waals surface area contributed by atoms with Crippen LogP contribution in [0.4, 0.5) is 4.39 Å². The van der Waals surface area contributed by atoms with E-state index >= 15 is 0 Å². The monoisotopic (exact) mass is 265 g/mol. The fourth-order valence-corrected chi connectivity index (χ4v) is 2.12. The average Bonchev–Trinajstić information content (AvgIpc) is 2.74. The lowest BCUT2D eigenvalue weighted by Crippen LogP contribution is -2.23. The van der Waals surface area contributed by atoms with Gasteiger partial charge in [0.1, 0.15) is 11.4 Å². The van der Waals surface area contributed by atoms with Crippen LogP contribution >= 0.6 is 0 Å². The third-order valence-corrected chi connectivity index (χ3v) is 3.22. The smallest absolute Gasteiger partial charge is 0.372 e. The molecule has 2 aromatic rings. The number of carboxylic acid groups (broad SMARTS) is 1. The Hall–Kier alpha value is -1.88. The van der Waals surface area contributed by atoms with Gasteiger partial charge in [-0.3, -0.25) is 4.90 Å². The minimum Gasteiger partial charge on any atom is -0.475 e. The first-order valence-electron chi connectivity index (χ1n) is 6.23. The van der Waals surface area contributed by atoms with Gasteiger partial charge in [-0.1, -0.05) is 13.8 Å². The second-order valence-electron chi connectivity index (χ2n) is 4.32. The molecule has 1 aromatic heterocycles. The normalized spacial score (nSPS) is 11.4. The SMILES string of the molecule is CCN(CC)Cc1c(C(=O)O)oc2ccc(F)cc12. The van der Waals surface area contributed by atoms with E-state index in [-0.39, 0.29) is 5.76 Å². The molecule has 0 saturated heterocycles. The van der Waals surface area contributed by atoms with Gasteiger partial charge in [0.2, 0.25) is 5.76 Å². The van der Waals surface area contributed by atoms with Crippen LogP contribution in [0.25, 0.3) is 11.0 Å². The maximum atomic E-state index is 13.3. The van der Waals surface area contributed by atoms with Crippen molar-refractivity contribution in [1.29, 1.82) is 0 Å². The van der Waals surface area contributed by atoms with Crippen molar-refractivity contribution in [3.63, 3.8) is 0 Å². The summed E-state index contributed by atoms with van der Waals surface area (Å²) >= 11 is 0. The maximum Gasteiger partial charge on any atom is 0.372 e. The van der Waals surface area contributed by atoms with Crippen LogP contribution in [0, 0.1) is 5.82 Å². The zero-order chi connectivity index (χ0) is 14.0. The highest BCUT2D eigenvalue weighted by Gasteiger charge is 2.21. The summed E-state index contributed by atoms with van der Waals surface area (Å²) in [5.74, 6) is -1.63. The molecule has 5 heteroatoms. The van der Waals surface area contributed by atoms with Crippen LogP contribution in [0.15, 0.2) is 22.6 Å². The van der Waals surface area contributed by atoms with E-state index in [9.17, 15) is 14.3 Å². The molecule has 0 bridgehead atoms. The predicted molar refractivity (Wildman–Crippen MR) is 69.8 cm³/mol. The molecule has 0 atom stereocenters. The van der Waals surface area contributed by atoms with Crippen molar-refractivity contribution in [2.75, 3.05) is 13.1 Å². The molecule has 1 heterocycles. The van der Waals surface area contributed by atoms with Gasteiger partial charge in [0.05, 0.1) is 0 Å². The molecular weight excluding hydrogens is 249 g/mol. The molecule has 1 N–H and O–H groups in total. The molecule has 19 heavy (non-hydrogen) atoms. The fraction of sp³-hybridized carbons (Fsp3) is 0.357. The van der Waals surface area contributed by atoms with Crippen LogP contribution in [0.1, 0.15) is 30.0 Å². The summed E-state index contributed by atoms with van der Waals surface area (Å²) in [6.07, 6.45) is 0. The standard InChI is InChI=1S/C14H16FNO3/c1-3-16(4-2)8-11-10-7-9(15)5-6-12(10)19-13(11)14(17)18/h5-7H,3-4,8H2,1-2H3,(H,17,18). The Morgan fingerprint density at radius 2 is 2.05 bits per heavy atom. The quantitative estimate of drug-likeness (QED) is 0.902. The summed E-state index contributed by atoms with van der Waals surface area (Å²) in [6.45, 7) is 6.00. The summed E-state index contributed by atoms with van der Waals surface area (Å²) < 4.78 is 18.6. The Morgan fingerprint density at radius 3 is 2.63 bits per heavy atom. The summed E-state index contributed by atoms with van der Waals surface area (Å²) in [7, 11) is 0. The molecule has 0 aliphatic heterocycles. The molecule has 102 valence electrons. The van der Waals surface area contributed by atoms with Crippen molar-refractivity contribution in [3.8, 4) is 0 Å². The molecule has 0 spiro atoms. The maximum absolute atomic E-state index is 13.3. The van der Waals surface area contributed by atoms with Crippen molar-refractivity contribution in [3.05, 3.63) is 35.3 Å². The van der Waals surface area contributed by atoms with E-state index in [1.54, 1.807) is 0 Å². The number of fused-ring (bicyclic) bond motifs is 1. The Morgan fingerprint density at radius 1 is 1.37 bits per heavy atom. The Bertz CT molecular complexity index is 602. The highest BCUT2D eigenvalue weighted by Crippen LogP contribution is 2.28. The Kier molecular flexibility index (Phi) is 3.85. The lowest BCUT2D eigenvalue weighted by molar-refractivity contribution is 0.0661. The van der Waals surface area contributed by atoms with Gasteiger partial charge in [-0.15, -0.1) is 0 Å². The van der Waals surface area contributed by atoms with Crippen LogP contribution < -0.4 is 0 Å². The Labute approximate surface area is 110 Å². The van der Waals surface area contributed by atoms with Gasteiger partial charge in [0.15, 0.2) is 0 Å². The van der Waals surface area contributed by atoms with Gasteiger partial charge < -0.3 is 9.52 Å². The first kappa shape index (κ1) is 13.5. The minimum absolute atomic E-state index is 0.104. The van der Waals surface area contributed by atoms with Crippen LogP contribution in [-0.4, -0.2) is 29.1 Å². The van der Waals surface area contributed by atoms with E-state index in [4.69, 9.17) is 4.42 Å². The molecule has 0 saturated carbocycles. The molecule has 0 fully saturated rings. The van der Waals surface area contributed by atoms with E-state index in [1.807, 2.05) is 13.8 Å². The fourth-order valence-electron chi connectivity index (χ4n) is 2.12. The van der Waals surface area contributed by atoms with E-state index in [2.05, 4.69) is 4.90 Å². The zero-order valence-corrected chi connectivity index (χ0v) is 10.9. The molecule has 0 aliphatic rings. The number of hydrogen-bond acceptors (Lipinski definition) is 3. The molecular formula is C14H16FNO3. The third-order valence-electron chi connectivity index (χ3n) is 3.22. The van der Waals surface area contributed by atoms with Gasteiger partial charge in [0, 0.05) is 17.5 Å². The number of benzene rings is 1. The molecule has 0 radical (unpaired) electrons. The summed E-state index contributed by atoms with van der Waals surface area (Å²) in [4.78, 5) is 13.3. The van der Waals surface area contributed by atoms with E-state index in [1.165, 1.54) is 18.2 Å². The summed E-state index contributed by atoms with van der Waals surface area (Å²) in [6, 6.07) is 4.05. The molecule has 4 nitrogen and oxygen atoms in total. The van der Waals surface area contributed by atoms with Crippen LogP contribution in [0.2, 0.25) is 0 Å². The van der Waals surface area contributed by atoms with Gasteiger partial charge in [-0.25, -0.2) is 9.18 Å².